The van der Waals surface area contributed by atoms with Crippen molar-refractivity contribution < 1.29 is 13.5 Å². The number of ether oxygens (including phenoxy) is 1. The zero-order valence-electron chi connectivity index (χ0n) is 19.0. The first kappa shape index (κ1) is 22.7. The van der Waals surface area contributed by atoms with E-state index in [1.807, 2.05) is 24.3 Å². The van der Waals surface area contributed by atoms with E-state index >= 15 is 4.39 Å². The van der Waals surface area contributed by atoms with Crippen molar-refractivity contribution in [1.29, 1.82) is 0 Å². The molecule has 1 heterocycles. The molecule has 0 radical (unpaired) electrons. The van der Waals surface area contributed by atoms with Crippen molar-refractivity contribution in [2.75, 3.05) is 6.61 Å². The maximum absolute atomic E-state index is 15.0. The van der Waals surface area contributed by atoms with E-state index in [-0.39, 0.29) is 12.0 Å². The molecule has 1 nitrogen and oxygen atoms in total. The van der Waals surface area contributed by atoms with Gasteiger partial charge in [-0.1, -0.05) is 87.4 Å². The average Bonchev–Trinajstić information content (AvgIpc) is 2.83. The molecule has 1 aliphatic rings. The Morgan fingerprint density at radius 3 is 2.00 bits per heavy atom. The van der Waals surface area contributed by atoms with Crippen LogP contribution >= 0.6 is 0 Å². The highest BCUT2D eigenvalue weighted by atomic mass is 19.2. The molecule has 0 aliphatic carbocycles. The standard InChI is InChI=1S/C29H32F2O/c1-3-5-20-7-9-21(10-8-20)22-11-13-23(14-12-22)26-17-18-27(29(31)28(26)30)24-15-16-25(6-4-2)32-19-24/h7-14,17-18,24-25H,3-6,15-16,19H2,1-2H3. The van der Waals surface area contributed by atoms with E-state index in [9.17, 15) is 4.39 Å². The van der Waals surface area contributed by atoms with Crippen molar-refractivity contribution in [3.8, 4) is 22.3 Å². The fraction of sp³-hybridized carbons (Fsp3) is 0.379. The maximum atomic E-state index is 15.0. The SMILES string of the molecule is CCCc1ccc(-c2ccc(-c3ccc(C4CCC(CCC)OC4)c(F)c3F)cc2)cc1. The Morgan fingerprint density at radius 2 is 1.41 bits per heavy atom. The van der Waals surface area contributed by atoms with E-state index in [4.69, 9.17) is 4.74 Å². The van der Waals surface area contributed by atoms with Crippen molar-refractivity contribution in [1.82, 2.24) is 0 Å². The quantitative estimate of drug-likeness (QED) is 0.363. The van der Waals surface area contributed by atoms with Gasteiger partial charge in [0.1, 0.15) is 0 Å². The number of hydrogen-bond donors (Lipinski definition) is 0. The summed E-state index contributed by atoms with van der Waals surface area (Å²) >= 11 is 0. The molecule has 1 fully saturated rings. The number of aryl methyl sites for hydroxylation is 1. The van der Waals surface area contributed by atoms with Crippen LogP contribution in [0.25, 0.3) is 22.3 Å². The highest BCUT2D eigenvalue weighted by Crippen LogP contribution is 2.35. The molecule has 0 saturated carbocycles. The third-order valence-electron chi connectivity index (χ3n) is 6.55. The van der Waals surface area contributed by atoms with E-state index in [1.165, 1.54) is 5.56 Å². The molecule has 4 rings (SSSR count). The number of halogens is 2. The van der Waals surface area contributed by atoms with Gasteiger partial charge in [-0.3, -0.25) is 0 Å². The normalized spacial score (nSPS) is 18.6. The minimum absolute atomic E-state index is 0.0790. The number of benzene rings is 3. The van der Waals surface area contributed by atoms with Crippen molar-refractivity contribution in [2.24, 2.45) is 0 Å². The van der Waals surface area contributed by atoms with Crippen molar-refractivity contribution >= 4 is 0 Å². The fourth-order valence-electron chi connectivity index (χ4n) is 4.70. The van der Waals surface area contributed by atoms with Crippen LogP contribution in [-0.2, 0) is 11.2 Å². The van der Waals surface area contributed by atoms with E-state index in [1.54, 1.807) is 12.1 Å². The molecule has 3 aromatic rings. The van der Waals surface area contributed by atoms with Gasteiger partial charge in [0, 0.05) is 11.5 Å². The second-order valence-corrected chi connectivity index (χ2v) is 8.87. The van der Waals surface area contributed by atoms with Crippen LogP contribution in [0.1, 0.15) is 63.0 Å². The Balaban J connectivity index is 1.51. The second-order valence-electron chi connectivity index (χ2n) is 8.87. The third-order valence-corrected chi connectivity index (χ3v) is 6.55. The molecule has 1 aliphatic heterocycles. The third kappa shape index (κ3) is 4.94. The van der Waals surface area contributed by atoms with Gasteiger partial charge in [-0.2, -0.15) is 0 Å². The lowest BCUT2D eigenvalue weighted by atomic mass is 9.88. The minimum Gasteiger partial charge on any atom is -0.378 e. The lowest BCUT2D eigenvalue weighted by Crippen LogP contribution is -2.25. The highest BCUT2D eigenvalue weighted by molar-refractivity contribution is 5.71. The molecule has 3 heteroatoms. The van der Waals surface area contributed by atoms with Gasteiger partial charge >= 0.3 is 0 Å². The lowest BCUT2D eigenvalue weighted by molar-refractivity contribution is -0.00181. The van der Waals surface area contributed by atoms with Crippen molar-refractivity contribution in [3.63, 3.8) is 0 Å². The molecule has 0 bridgehead atoms. The summed E-state index contributed by atoms with van der Waals surface area (Å²) in [6, 6.07) is 19.7. The van der Waals surface area contributed by atoms with Gasteiger partial charge in [-0.15, -0.1) is 0 Å². The topological polar surface area (TPSA) is 9.23 Å². The molecule has 168 valence electrons. The van der Waals surface area contributed by atoms with Crippen LogP contribution in [0.4, 0.5) is 8.78 Å². The molecule has 0 N–H and O–H groups in total. The summed E-state index contributed by atoms with van der Waals surface area (Å²) in [5.41, 5.74) is 4.94. The van der Waals surface area contributed by atoms with E-state index in [2.05, 4.69) is 38.1 Å². The number of hydrogen-bond acceptors (Lipinski definition) is 1. The smallest absolute Gasteiger partial charge is 0.166 e. The predicted octanol–water partition coefficient (Wildman–Crippen LogP) is 8.31. The molecule has 0 spiro atoms. The minimum atomic E-state index is -0.769. The average molecular weight is 435 g/mol. The fourth-order valence-corrected chi connectivity index (χ4v) is 4.70. The Bertz CT molecular complexity index is 1020. The van der Waals surface area contributed by atoms with Gasteiger partial charge in [-0.25, -0.2) is 8.78 Å². The molecular weight excluding hydrogens is 402 g/mol. The van der Waals surface area contributed by atoms with Gasteiger partial charge in [0.2, 0.25) is 0 Å². The van der Waals surface area contributed by atoms with Gasteiger partial charge < -0.3 is 4.74 Å². The Kier molecular flexibility index (Phi) is 7.36. The van der Waals surface area contributed by atoms with Crippen LogP contribution in [0.2, 0.25) is 0 Å². The largest absolute Gasteiger partial charge is 0.378 e. The van der Waals surface area contributed by atoms with Crippen LogP contribution in [0.15, 0.2) is 60.7 Å². The van der Waals surface area contributed by atoms with Gasteiger partial charge in [0.05, 0.1) is 12.7 Å². The first-order chi connectivity index (χ1) is 15.6. The Hall–Kier alpha value is -2.52. The van der Waals surface area contributed by atoms with Crippen LogP contribution < -0.4 is 0 Å². The van der Waals surface area contributed by atoms with Crippen LogP contribution in [0.5, 0.6) is 0 Å². The van der Waals surface area contributed by atoms with E-state index in [0.717, 1.165) is 49.7 Å². The molecule has 2 unspecified atom stereocenters. The van der Waals surface area contributed by atoms with Gasteiger partial charge in [0.15, 0.2) is 11.6 Å². The van der Waals surface area contributed by atoms with Crippen LogP contribution in [-0.4, -0.2) is 12.7 Å². The first-order valence-corrected chi connectivity index (χ1v) is 11.9. The van der Waals surface area contributed by atoms with Crippen molar-refractivity contribution in [3.05, 3.63) is 83.4 Å². The van der Waals surface area contributed by atoms with E-state index < -0.39 is 11.6 Å². The predicted molar refractivity (Wildman–Crippen MR) is 128 cm³/mol. The van der Waals surface area contributed by atoms with E-state index in [0.29, 0.717) is 23.3 Å². The van der Waals surface area contributed by atoms with Gasteiger partial charge in [0.25, 0.3) is 0 Å². The second kappa shape index (κ2) is 10.4. The van der Waals surface area contributed by atoms with Gasteiger partial charge in [-0.05, 0) is 53.5 Å². The molecule has 0 aromatic heterocycles. The Morgan fingerprint density at radius 1 is 0.750 bits per heavy atom. The summed E-state index contributed by atoms with van der Waals surface area (Å²) < 4.78 is 35.9. The molecular formula is C29H32F2O. The molecule has 3 aromatic carbocycles. The maximum Gasteiger partial charge on any atom is 0.166 e. The highest BCUT2D eigenvalue weighted by Gasteiger charge is 2.26. The first-order valence-electron chi connectivity index (χ1n) is 11.9. The zero-order chi connectivity index (χ0) is 22.5. The molecule has 2 atom stereocenters. The summed E-state index contributed by atoms with van der Waals surface area (Å²) in [7, 11) is 0. The summed E-state index contributed by atoms with van der Waals surface area (Å²) in [6.07, 6.45) is 6.31. The molecule has 32 heavy (non-hydrogen) atoms. The summed E-state index contributed by atoms with van der Waals surface area (Å²) in [6.45, 7) is 4.78. The summed E-state index contributed by atoms with van der Waals surface area (Å²) in [5, 5.41) is 0. The molecule has 0 amide bonds. The van der Waals surface area contributed by atoms with Crippen LogP contribution in [0, 0.1) is 11.6 Å². The summed E-state index contributed by atoms with van der Waals surface area (Å²) in [5.74, 6) is -1.58. The van der Waals surface area contributed by atoms with Crippen molar-refractivity contribution in [2.45, 2.75) is 64.4 Å². The van der Waals surface area contributed by atoms with Crippen LogP contribution in [0.3, 0.4) is 0 Å². The summed E-state index contributed by atoms with van der Waals surface area (Å²) in [4.78, 5) is 0. The number of rotatable bonds is 7. The molecule has 1 saturated heterocycles. The Labute approximate surface area is 190 Å². The monoisotopic (exact) mass is 434 g/mol. The zero-order valence-corrected chi connectivity index (χ0v) is 19.0. The lowest BCUT2D eigenvalue weighted by Gasteiger charge is -2.29.